The van der Waals surface area contributed by atoms with E-state index in [9.17, 15) is 13.2 Å². The zero-order valence-electron chi connectivity index (χ0n) is 11.8. The lowest BCUT2D eigenvalue weighted by Gasteiger charge is -2.17. The number of hydrogen-bond acceptors (Lipinski definition) is 4. The quantitative estimate of drug-likeness (QED) is 0.800. The van der Waals surface area contributed by atoms with Crippen LogP contribution in [-0.4, -0.2) is 35.9 Å². The largest absolute Gasteiger partial charge is 0.295 e. The smallest absolute Gasteiger partial charge is 0.237 e. The van der Waals surface area contributed by atoms with E-state index in [-0.39, 0.29) is 18.9 Å². The normalized spacial score (nSPS) is 18.9. The van der Waals surface area contributed by atoms with Gasteiger partial charge in [-0.2, -0.15) is 5.10 Å². The Bertz CT molecular complexity index is 817. The van der Waals surface area contributed by atoms with Gasteiger partial charge in [0.05, 0.1) is 11.4 Å². The summed E-state index contributed by atoms with van der Waals surface area (Å²) >= 11 is 0. The van der Waals surface area contributed by atoms with Crippen molar-refractivity contribution in [2.24, 2.45) is 0 Å². The lowest BCUT2D eigenvalue weighted by atomic mass is 10.3. The first-order valence-electron chi connectivity index (χ1n) is 6.72. The molecule has 3 rings (SSSR count). The van der Waals surface area contributed by atoms with E-state index >= 15 is 0 Å². The molecule has 2 heterocycles. The lowest BCUT2D eigenvalue weighted by molar-refractivity contribution is -0.117. The molecule has 0 saturated carbocycles. The van der Waals surface area contributed by atoms with E-state index in [2.05, 4.69) is 5.10 Å². The minimum Gasteiger partial charge on any atom is -0.295 e. The Morgan fingerprint density at radius 1 is 1.27 bits per heavy atom. The molecular formula is C14H14ClN3O3S. The van der Waals surface area contributed by atoms with Crippen LogP contribution in [0.15, 0.2) is 36.4 Å². The molecule has 2 aromatic rings. The highest BCUT2D eigenvalue weighted by Crippen LogP contribution is 2.29. The number of carbonyl (C=O) groups is 1. The molecule has 1 saturated heterocycles. The van der Waals surface area contributed by atoms with Crippen LogP contribution < -0.4 is 4.90 Å². The fourth-order valence-corrected chi connectivity index (χ4v) is 3.55. The second-order valence-electron chi connectivity index (χ2n) is 5.20. The van der Waals surface area contributed by atoms with Crippen molar-refractivity contribution in [1.29, 1.82) is 0 Å². The van der Waals surface area contributed by atoms with Gasteiger partial charge in [0.25, 0.3) is 0 Å². The van der Waals surface area contributed by atoms with Crippen molar-refractivity contribution in [3.8, 4) is 5.69 Å². The van der Waals surface area contributed by atoms with Crippen molar-refractivity contribution in [3.63, 3.8) is 0 Å². The number of rotatable bonds is 3. The van der Waals surface area contributed by atoms with Crippen molar-refractivity contribution >= 4 is 31.5 Å². The van der Waals surface area contributed by atoms with Crippen LogP contribution in [0.2, 0.25) is 0 Å². The number of aromatic nitrogens is 2. The molecule has 1 aliphatic heterocycles. The highest BCUT2D eigenvalue weighted by Gasteiger charge is 2.39. The summed E-state index contributed by atoms with van der Waals surface area (Å²) in [6.07, 6.45) is -0.106. The van der Waals surface area contributed by atoms with Crippen LogP contribution in [0, 0.1) is 6.92 Å². The van der Waals surface area contributed by atoms with Gasteiger partial charge in [-0.25, -0.2) is 13.1 Å². The van der Waals surface area contributed by atoms with E-state index in [1.807, 2.05) is 37.3 Å². The zero-order chi connectivity index (χ0) is 15.9. The number of hydrogen-bond donors (Lipinski definition) is 0. The van der Waals surface area contributed by atoms with Crippen LogP contribution in [0.3, 0.4) is 0 Å². The summed E-state index contributed by atoms with van der Waals surface area (Å²) in [4.78, 5) is 13.6. The van der Waals surface area contributed by atoms with Crippen molar-refractivity contribution in [2.45, 2.75) is 18.6 Å². The summed E-state index contributed by atoms with van der Waals surface area (Å²) in [6, 6.07) is 11.1. The molecule has 8 heteroatoms. The molecule has 1 aliphatic rings. The molecule has 22 heavy (non-hydrogen) atoms. The molecule has 0 aliphatic carbocycles. The van der Waals surface area contributed by atoms with Crippen LogP contribution in [0.1, 0.15) is 12.1 Å². The minimum absolute atomic E-state index is 0.0443. The monoisotopic (exact) mass is 339 g/mol. The van der Waals surface area contributed by atoms with E-state index < -0.39 is 14.3 Å². The van der Waals surface area contributed by atoms with E-state index in [0.29, 0.717) is 5.82 Å². The Kier molecular flexibility index (Phi) is 3.70. The van der Waals surface area contributed by atoms with Gasteiger partial charge in [-0.1, -0.05) is 18.2 Å². The van der Waals surface area contributed by atoms with Crippen LogP contribution in [-0.2, 0) is 13.8 Å². The van der Waals surface area contributed by atoms with Crippen molar-refractivity contribution in [3.05, 3.63) is 42.1 Å². The van der Waals surface area contributed by atoms with Gasteiger partial charge >= 0.3 is 0 Å². The number of carbonyl (C=O) groups excluding carboxylic acids is 1. The Morgan fingerprint density at radius 3 is 2.55 bits per heavy atom. The van der Waals surface area contributed by atoms with Crippen LogP contribution in [0.5, 0.6) is 0 Å². The number of anilines is 1. The minimum atomic E-state index is -3.77. The molecule has 1 fully saturated rings. The maximum absolute atomic E-state index is 12.2. The Morgan fingerprint density at radius 2 is 1.95 bits per heavy atom. The molecule has 0 radical (unpaired) electrons. The Labute approximate surface area is 132 Å². The fourth-order valence-electron chi connectivity index (χ4n) is 2.52. The summed E-state index contributed by atoms with van der Waals surface area (Å²) in [5, 5.41) is 3.50. The molecule has 1 aromatic carbocycles. The SMILES string of the molecule is Cc1cc(N2CC(S(=O)(=O)Cl)CC2=O)n(-c2ccccc2)n1. The number of para-hydroxylation sites is 1. The van der Waals surface area contributed by atoms with Gasteiger partial charge in [-0.05, 0) is 19.1 Å². The third-order valence-electron chi connectivity index (χ3n) is 3.58. The molecule has 1 amide bonds. The molecule has 1 atom stereocenters. The topological polar surface area (TPSA) is 72.3 Å². The van der Waals surface area contributed by atoms with Crippen LogP contribution in [0.25, 0.3) is 5.69 Å². The highest BCUT2D eigenvalue weighted by atomic mass is 35.7. The second kappa shape index (κ2) is 5.40. The van der Waals surface area contributed by atoms with E-state index in [4.69, 9.17) is 10.7 Å². The molecule has 0 spiro atoms. The zero-order valence-corrected chi connectivity index (χ0v) is 13.4. The van der Waals surface area contributed by atoms with Gasteiger partial charge < -0.3 is 0 Å². The highest BCUT2D eigenvalue weighted by molar-refractivity contribution is 8.14. The maximum Gasteiger partial charge on any atom is 0.237 e. The molecule has 1 aromatic heterocycles. The number of benzene rings is 1. The number of nitrogens with zero attached hydrogens (tertiary/aromatic N) is 3. The van der Waals surface area contributed by atoms with E-state index in [1.54, 1.807) is 10.7 Å². The summed E-state index contributed by atoms with van der Waals surface area (Å²) in [5.41, 5.74) is 1.54. The van der Waals surface area contributed by atoms with Gasteiger partial charge in [0.15, 0.2) is 0 Å². The van der Waals surface area contributed by atoms with Gasteiger partial charge in [0.2, 0.25) is 15.0 Å². The average Bonchev–Trinajstić information content (AvgIpc) is 3.02. The summed E-state index contributed by atoms with van der Waals surface area (Å²) < 4.78 is 24.6. The van der Waals surface area contributed by atoms with Crippen molar-refractivity contribution in [1.82, 2.24) is 9.78 Å². The lowest BCUT2D eigenvalue weighted by Crippen LogP contribution is -2.28. The number of amides is 1. The van der Waals surface area contributed by atoms with E-state index in [0.717, 1.165) is 11.4 Å². The third-order valence-corrected chi connectivity index (χ3v) is 5.45. The predicted molar refractivity (Wildman–Crippen MR) is 83.8 cm³/mol. The molecular weight excluding hydrogens is 326 g/mol. The van der Waals surface area contributed by atoms with Gasteiger partial charge in [-0.15, -0.1) is 0 Å². The maximum atomic E-state index is 12.2. The Balaban J connectivity index is 2.01. The van der Waals surface area contributed by atoms with Crippen LogP contribution >= 0.6 is 10.7 Å². The van der Waals surface area contributed by atoms with Crippen LogP contribution in [0.4, 0.5) is 5.82 Å². The number of halogens is 1. The summed E-state index contributed by atoms with van der Waals surface area (Å²) in [6.45, 7) is 1.86. The van der Waals surface area contributed by atoms with Gasteiger partial charge in [-0.3, -0.25) is 9.69 Å². The molecule has 6 nitrogen and oxygen atoms in total. The standard InChI is InChI=1S/C14H14ClN3O3S/c1-10-7-13(18(16-10)11-5-3-2-4-6-11)17-9-12(8-14(17)19)22(15,20)21/h2-7,12H,8-9H2,1H3. The van der Waals surface area contributed by atoms with E-state index in [1.165, 1.54) is 4.90 Å². The third kappa shape index (κ3) is 2.74. The second-order valence-corrected chi connectivity index (χ2v) is 8.11. The molecule has 1 unspecified atom stereocenters. The van der Waals surface area contributed by atoms with Gasteiger partial charge in [0.1, 0.15) is 11.1 Å². The predicted octanol–water partition coefficient (Wildman–Crippen LogP) is 1.85. The van der Waals surface area contributed by atoms with Crippen molar-refractivity contribution in [2.75, 3.05) is 11.4 Å². The molecule has 116 valence electrons. The molecule has 0 N–H and O–H groups in total. The fraction of sp³-hybridized carbons (Fsp3) is 0.286. The van der Waals surface area contributed by atoms with Gasteiger partial charge in [0, 0.05) is 29.7 Å². The first-order valence-corrected chi connectivity index (χ1v) is 9.09. The first kappa shape index (κ1) is 15.1. The summed E-state index contributed by atoms with van der Waals surface area (Å²) in [5.74, 6) is 0.280. The number of aryl methyl sites for hydroxylation is 1. The molecule has 0 bridgehead atoms. The average molecular weight is 340 g/mol. The Hall–Kier alpha value is -1.86. The van der Waals surface area contributed by atoms with Crippen molar-refractivity contribution < 1.29 is 13.2 Å². The summed E-state index contributed by atoms with van der Waals surface area (Å²) in [7, 11) is 1.62. The first-order chi connectivity index (χ1) is 10.4.